The van der Waals surface area contributed by atoms with Gasteiger partial charge in [-0.1, -0.05) is 36.4 Å². The van der Waals surface area contributed by atoms with Gasteiger partial charge in [0.15, 0.2) is 0 Å². The van der Waals surface area contributed by atoms with E-state index in [4.69, 9.17) is 5.73 Å². The molecule has 1 heterocycles. The zero-order valence-corrected chi connectivity index (χ0v) is 10.6. The lowest BCUT2D eigenvalue weighted by atomic mass is 9.83. The number of fused-ring (bicyclic) bond motifs is 1. The summed E-state index contributed by atoms with van der Waals surface area (Å²) in [4.78, 5) is 0. The minimum atomic E-state index is 0.371. The van der Waals surface area contributed by atoms with E-state index in [2.05, 4.69) is 42.6 Å². The zero-order valence-electron chi connectivity index (χ0n) is 10.6. The molecule has 0 saturated carbocycles. The standard InChI is InChI=1S/C16H18N2/c1-11-5-4-8-15(17)16(11)14-10-18-9-12-6-2-3-7-13(12)14/h2-8,14,18H,9-10,17H2,1H3. The molecule has 1 aliphatic rings. The summed E-state index contributed by atoms with van der Waals surface area (Å²) >= 11 is 0. The van der Waals surface area contributed by atoms with Crippen LogP contribution in [0.4, 0.5) is 5.69 Å². The lowest BCUT2D eigenvalue weighted by Crippen LogP contribution is -2.29. The number of benzene rings is 2. The highest BCUT2D eigenvalue weighted by Gasteiger charge is 2.23. The van der Waals surface area contributed by atoms with E-state index in [0.29, 0.717) is 5.92 Å². The molecule has 0 saturated heterocycles. The quantitative estimate of drug-likeness (QED) is 0.750. The van der Waals surface area contributed by atoms with Crippen molar-refractivity contribution in [2.24, 2.45) is 0 Å². The molecule has 2 heteroatoms. The SMILES string of the molecule is Cc1cccc(N)c1C1CNCc2ccccc21. The second-order valence-corrected chi connectivity index (χ2v) is 4.96. The van der Waals surface area contributed by atoms with E-state index >= 15 is 0 Å². The second kappa shape index (κ2) is 4.46. The first-order chi connectivity index (χ1) is 8.77. The Kier molecular flexibility index (Phi) is 2.80. The van der Waals surface area contributed by atoms with Crippen LogP contribution < -0.4 is 11.1 Å². The molecule has 2 aromatic rings. The third-order valence-corrected chi connectivity index (χ3v) is 3.80. The van der Waals surface area contributed by atoms with Crippen molar-refractivity contribution in [3.63, 3.8) is 0 Å². The highest BCUT2D eigenvalue weighted by molar-refractivity contribution is 5.56. The van der Waals surface area contributed by atoms with Gasteiger partial charge in [0.2, 0.25) is 0 Å². The molecule has 3 rings (SSSR count). The Labute approximate surface area is 108 Å². The van der Waals surface area contributed by atoms with Crippen molar-refractivity contribution in [2.75, 3.05) is 12.3 Å². The Morgan fingerprint density at radius 3 is 2.78 bits per heavy atom. The van der Waals surface area contributed by atoms with Crippen LogP contribution in [0.2, 0.25) is 0 Å². The zero-order chi connectivity index (χ0) is 12.5. The summed E-state index contributed by atoms with van der Waals surface area (Å²) < 4.78 is 0. The number of anilines is 1. The summed E-state index contributed by atoms with van der Waals surface area (Å²) in [5.74, 6) is 0.371. The number of nitrogens with two attached hydrogens (primary N) is 1. The highest BCUT2D eigenvalue weighted by atomic mass is 14.9. The van der Waals surface area contributed by atoms with Crippen LogP contribution >= 0.6 is 0 Å². The van der Waals surface area contributed by atoms with E-state index in [9.17, 15) is 0 Å². The van der Waals surface area contributed by atoms with Gasteiger partial charge in [-0.05, 0) is 35.2 Å². The maximum Gasteiger partial charge on any atom is 0.0356 e. The Balaban J connectivity index is 2.14. The van der Waals surface area contributed by atoms with E-state index in [0.717, 1.165) is 18.8 Å². The number of rotatable bonds is 1. The minimum Gasteiger partial charge on any atom is -0.398 e. The van der Waals surface area contributed by atoms with E-state index < -0.39 is 0 Å². The molecule has 18 heavy (non-hydrogen) atoms. The molecule has 92 valence electrons. The maximum absolute atomic E-state index is 6.18. The van der Waals surface area contributed by atoms with Gasteiger partial charge >= 0.3 is 0 Å². The molecule has 2 aromatic carbocycles. The Morgan fingerprint density at radius 2 is 1.94 bits per heavy atom. The summed E-state index contributed by atoms with van der Waals surface area (Å²) in [5.41, 5.74) is 12.4. The third-order valence-electron chi connectivity index (χ3n) is 3.80. The van der Waals surface area contributed by atoms with Gasteiger partial charge in [0.25, 0.3) is 0 Å². The van der Waals surface area contributed by atoms with Crippen LogP contribution in [0.25, 0.3) is 0 Å². The molecule has 0 amide bonds. The monoisotopic (exact) mass is 238 g/mol. The topological polar surface area (TPSA) is 38.0 Å². The summed E-state index contributed by atoms with van der Waals surface area (Å²) in [6.45, 7) is 4.06. The summed E-state index contributed by atoms with van der Waals surface area (Å²) in [5, 5.41) is 3.49. The molecule has 0 spiro atoms. The van der Waals surface area contributed by atoms with Gasteiger partial charge in [-0.3, -0.25) is 0 Å². The van der Waals surface area contributed by atoms with Crippen molar-refractivity contribution < 1.29 is 0 Å². The fraction of sp³-hybridized carbons (Fsp3) is 0.250. The van der Waals surface area contributed by atoms with E-state index in [-0.39, 0.29) is 0 Å². The average molecular weight is 238 g/mol. The smallest absolute Gasteiger partial charge is 0.0356 e. The molecular weight excluding hydrogens is 220 g/mol. The van der Waals surface area contributed by atoms with E-state index in [1.807, 2.05) is 12.1 Å². The minimum absolute atomic E-state index is 0.371. The number of hydrogen-bond donors (Lipinski definition) is 2. The van der Waals surface area contributed by atoms with Gasteiger partial charge in [0.1, 0.15) is 0 Å². The Bertz CT molecular complexity index is 555. The van der Waals surface area contributed by atoms with Crippen LogP contribution in [0.5, 0.6) is 0 Å². The number of hydrogen-bond acceptors (Lipinski definition) is 2. The van der Waals surface area contributed by atoms with Gasteiger partial charge in [-0.15, -0.1) is 0 Å². The fourth-order valence-electron chi connectivity index (χ4n) is 2.93. The number of aryl methyl sites for hydroxylation is 1. The van der Waals surface area contributed by atoms with Crippen molar-refractivity contribution in [1.29, 1.82) is 0 Å². The molecule has 0 bridgehead atoms. The van der Waals surface area contributed by atoms with Crippen molar-refractivity contribution in [3.8, 4) is 0 Å². The summed E-state index contributed by atoms with van der Waals surface area (Å²) in [6, 6.07) is 14.8. The predicted molar refractivity (Wildman–Crippen MR) is 75.6 cm³/mol. The first kappa shape index (κ1) is 11.3. The van der Waals surface area contributed by atoms with E-state index in [1.54, 1.807) is 0 Å². The maximum atomic E-state index is 6.18. The molecular formula is C16H18N2. The largest absolute Gasteiger partial charge is 0.398 e. The first-order valence-corrected chi connectivity index (χ1v) is 6.41. The van der Waals surface area contributed by atoms with Crippen molar-refractivity contribution in [3.05, 3.63) is 64.7 Å². The van der Waals surface area contributed by atoms with Crippen LogP contribution in [0, 0.1) is 6.92 Å². The fourth-order valence-corrected chi connectivity index (χ4v) is 2.93. The molecule has 0 radical (unpaired) electrons. The van der Waals surface area contributed by atoms with Crippen LogP contribution in [0.1, 0.15) is 28.2 Å². The van der Waals surface area contributed by atoms with Crippen molar-refractivity contribution >= 4 is 5.69 Å². The molecule has 1 unspecified atom stereocenters. The van der Waals surface area contributed by atoms with Crippen LogP contribution in [-0.4, -0.2) is 6.54 Å². The Hall–Kier alpha value is -1.80. The normalized spacial score (nSPS) is 18.4. The van der Waals surface area contributed by atoms with Crippen molar-refractivity contribution in [1.82, 2.24) is 5.32 Å². The van der Waals surface area contributed by atoms with Gasteiger partial charge < -0.3 is 11.1 Å². The average Bonchev–Trinajstić information content (AvgIpc) is 2.39. The Morgan fingerprint density at radius 1 is 1.11 bits per heavy atom. The van der Waals surface area contributed by atoms with Gasteiger partial charge in [0, 0.05) is 24.7 Å². The van der Waals surface area contributed by atoms with Crippen LogP contribution in [0.15, 0.2) is 42.5 Å². The van der Waals surface area contributed by atoms with Gasteiger partial charge in [-0.2, -0.15) is 0 Å². The third kappa shape index (κ3) is 1.79. The highest BCUT2D eigenvalue weighted by Crippen LogP contribution is 2.34. The predicted octanol–water partition coefficient (Wildman–Crippen LogP) is 2.81. The molecule has 0 aromatic heterocycles. The lowest BCUT2D eigenvalue weighted by Gasteiger charge is -2.28. The molecule has 1 atom stereocenters. The summed E-state index contributed by atoms with van der Waals surface area (Å²) in [7, 11) is 0. The second-order valence-electron chi connectivity index (χ2n) is 4.96. The number of nitrogens with one attached hydrogen (secondary N) is 1. The van der Waals surface area contributed by atoms with Crippen molar-refractivity contribution in [2.45, 2.75) is 19.4 Å². The molecule has 0 aliphatic carbocycles. The lowest BCUT2D eigenvalue weighted by molar-refractivity contribution is 0.590. The molecule has 3 N–H and O–H groups in total. The first-order valence-electron chi connectivity index (χ1n) is 6.41. The van der Waals surface area contributed by atoms with E-state index in [1.165, 1.54) is 22.3 Å². The van der Waals surface area contributed by atoms with Gasteiger partial charge in [0.05, 0.1) is 0 Å². The van der Waals surface area contributed by atoms with Gasteiger partial charge in [-0.25, -0.2) is 0 Å². The number of nitrogen functional groups attached to an aromatic ring is 1. The van der Waals surface area contributed by atoms with Crippen LogP contribution in [-0.2, 0) is 6.54 Å². The van der Waals surface area contributed by atoms with Crippen LogP contribution in [0.3, 0.4) is 0 Å². The molecule has 1 aliphatic heterocycles. The molecule has 2 nitrogen and oxygen atoms in total. The summed E-state index contributed by atoms with van der Waals surface area (Å²) in [6.07, 6.45) is 0. The molecule has 0 fully saturated rings.